The average molecular weight is 1350 g/mol. The molecular weight excluding hydrogens is 1260 g/mol. The molecule has 0 radical (unpaired) electrons. The molecule has 0 bridgehead atoms. The fourth-order valence-corrected chi connectivity index (χ4v) is 11.3. The van der Waals surface area contributed by atoms with Crippen LogP contribution in [-0.2, 0) is 142 Å². The molecule has 524 valence electrons. The van der Waals surface area contributed by atoms with Crippen molar-refractivity contribution in [2.45, 2.75) is 193 Å². The molecule has 3 aliphatic heterocycles. The Morgan fingerprint density at radius 1 is 0.546 bits per heavy atom. The number of hydrogen-bond donors (Lipinski definition) is 2. The summed E-state index contributed by atoms with van der Waals surface area (Å²) in [5.74, 6) is -9.45. The van der Waals surface area contributed by atoms with Crippen LogP contribution in [0, 0.1) is 5.41 Å². The van der Waals surface area contributed by atoms with Gasteiger partial charge in [-0.2, -0.15) is 0 Å². The van der Waals surface area contributed by atoms with E-state index in [1.165, 1.54) is 0 Å². The first-order chi connectivity index (χ1) is 46.5. The van der Waals surface area contributed by atoms with Gasteiger partial charge in [0.15, 0.2) is 30.9 Å². The van der Waals surface area contributed by atoms with Crippen LogP contribution in [0.1, 0.15) is 89.6 Å². The van der Waals surface area contributed by atoms with Crippen molar-refractivity contribution >= 4 is 41.7 Å². The molecular formula is C72H87NO24. The van der Waals surface area contributed by atoms with Crippen molar-refractivity contribution in [3.05, 3.63) is 179 Å². The molecule has 3 saturated heterocycles. The molecule has 2 N–H and O–H groups in total. The van der Waals surface area contributed by atoms with E-state index < -0.39 is 164 Å². The highest BCUT2D eigenvalue weighted by Crippen LogP contribution is 2.42. The second-order valence-electron chi connectivity index (χ2n) is 24.6. The molecule has 3 aliphatic rings. The number of aliphatic hydroxyl groups is 1. The fourth-order valence-electron chi connectivity index (χ4n) is 11.3. The third-order valence-corrected chi connectivity index (χ3v) is 15.8. The summed E-state index contributed by atoms with van der Waals surface area (Å²) >= 11 is 0. The minimum absolute atomic E-state index is 0.00381. The minimum Gasteiger partial charge on any atom is -0.465 e. The lowest BCUT2D eigenvalue weighted by atomic mass is 9.87. The molecule has 0 spiro atoms. The Labute approximate surface area is 563 Å². The molecule has 16 atom stereocenters. The van der Waals surface area contributed by atoms with Crippen LogP contribution < -0.4 is 5.32 Å². The predicted molar refractivity (Wildman–Crippen MR) is 341 cm³/mol. The second kappa shape index (κ2) is 36.0. The van der Waals surface area contributed by atoms with Gasteiger partial charge in [0.2, 0.25) is 5.91 Å². The topological polar surface area (TPSA) is 299 Å². The summed E-state index contributed by atoms with van der Waals surface area (Å²) < 4.78 is 103. The summed E-state index contributed by atoms with van der Waals surface area (Å²) in [5, 5.41) is 15.9. The van der Waals surface area contributed by atoms with Crippen molar-refractivity contribution in [3.63, 3.8) is 0 Å². The largest absolute Gasteiger partial charge is 0.465 e. The third kappa shape index (κ3) is 21.7. The number of amides is 1. The standard InChI is InChI=1S/C72H87NO24/c1-44(74)73-58-54(89-46(3)76)35-72(70(81)82-9,96-62(58)60(91-48(5)78)57(90-47(4)77)43-85-45(2)75)97-63-59(79)55(41-83-36-49-25-15-10-16-26-49)92-68(65(63)87-39-52-31-21-13-22-32-52)94-61-56(42-84-37-50-27-17-11-18-28-50)93-67(88-40-53-33-23-14-24-34-53)66(95-69(80)71(6,7)8)64(61)86-38-51-29-19-12-20-30-51/h10-34,54-68,79H,35-43H2,1-9H3,(H,73,74)/t54-,55+,56+,57+,58+,59-,60+,61+,62+,63-,64-,65+,66+,67+,68-,72-/m0/s1. The molecule has 0 aliphatic carbocycles. The average Bonchev–Trinajstić information content (AvgIpc) is 0.749. The van der Waals surface area contributed by atoms with E-state index in [1.54, 1.807) is 51.1 Å². The number of nitrogens with one attached hydrogen (secondary N) is 1. The maximum Gasteiger partial charge on any atom is 0.366 e. The van der Waals surface area contributed by atoms with E-state index in [-0.39, 0.29) is 39.6 Å². The van der Waals surface area contributed by atoms with Gasteiger partial charge < -0.3 is 86.2 Å². The molecule has 97 heavy (non-hydrogen) atoms. The molecule has 1 amide bonds. The summed E-state index contributed by atoms with van der Waals surface area (Å²) in [6, 6.07) is 44.3. The van der Waals surface area contributed by atoms with Crippen LogP contribution in [0.2, 0.25) is 0 Å². The van der Waals surface area contributed by atoms with Crippen LogP contribution in [0.4, 0.5) is 0 Å². The lowest BCUT2D eigenvalue weighted by Gasteiger charge is -2.52. The summed E-state index contributed by atoms with van der Waals surface area (Å²) in [5.41, 5.74) is 2.53. The van der Waals surface area contributed by atoms with Gasteiger partial charge >= 0.3 is 35.8 Å². The van der Waals surface area contributed by atoms with Crippen molar-refractivity contribution in [1.29, 1.82) is 0 Å². The predicted octanol–water partition coefficient (Wildman–Crippen LogP) is 6.87. The summed E-state index contributed by atoms with van der Waals surface area (Å²) in [4.78, 5) is 95.1. The van der Waals surface area contributed by atoms with Gasteiger partial charge in [0.1, 0.15) is 61.5 Å². The van der Waals surface area contributed by atoms with Crippen LogP contribution in [0.5, 0.6) is 0 Å². The Balaban J connectivity index is 1.32. The number of methoxy groups -OCH3 is 1. The smallest absolute Gasteiger partial charge is 0.366 e. The molecule has 0 aromatic heterocycles. The van der Waals surface area contributed by atoms with E-state index in [4.69, 9.17) is 75.8 Å². The van der Waals surface area contributed by atoms with Gasteiger partial charge in [-0.25, -0.2) is 4.79 Å². The molecule has 0 saturated carbocycles. The molecule has 3 fully saturated rings. The normalized spacial score (nSPS) is 26.2. The molecule has 5 aromatic rings. The zero-order valence-corrected chi connectivity index (χ0v) is 55.8. The number of esters is 6. The Morgan fingerprint density at radius 2 is 1.02 bits per heavy atom. The van der Waals surface area contributed by atoms with Crippen molar-refractivity contribution in [1.82, 2.24) is 5.32 Å². The first-order valence-electron chi connectivity index (χ1n) is 31.9. The monoisotopic (exact) mass is 1350 g/mol. The Morgan fingerprint density at radius 3 is 1.48 bits per heavy atom. The maximum atomic E-state index is 15.3. The summed E-state index contributed by atoms with van der Waals surface area (Å²) in [6.45, 7) is 8.64. The number of carbonyl (C=O) groups is 7. The van der Waals surface area contributed by atoms with Gasteiger partial charge in [0, 0.05) is 34.6 Å². The van der Waals surface area contributed by atoms with Crippen LogP contribution in [0.25, 0.3) is 0 Å². The summed E-state index contributed by atoms with van der Waals surface area (Å²) in [6.07, 6.45) is -23.8. The van der Waals surface area contributed by atoms with E-state index in [2.05, 4.69) is 5.32 Å². The number of aliphatic hydroxyl groups excluding tert-OH is 1. The van der Waals surface area contributed by atoms with Crippen molar-refractivity contribution in [2.75, 3.05) is 26.9 Å². The van der Waals surface area contributed by atoms with Crippen LogP contribution >= 0.6 is 0 Å². The highest BCUT2D eigenvalue weighted by molar-refractivity contribution is 5.79. The lowest BCUT2D eigenvalue weighted by Crippen LogP contribution is -2.72. The van der Waals surface area contributed by atoms with Gasteiger partial charge in [0.25, 0.3) is 5.79 Å². The van der Waals surface area contributed by atoms with E-state index in [0.717, 1.165) is 58.4 Å². The van der Waals surface area contributed by atoms with Crippen molar-refractivity contribution in [3.8, 4) is 0 Å². The number of carbonyl (C=O) groups excluding carboxylic acids is 7. The molecule has 8 rings (SSSR count). The van der Waals surface area contributed by atoms with E-state index in [9.17, 15) is 33.9 Å². The van der Waals surface area contributed by atoms with Gasteiger partial charge in [-0.1, -0.05) is 152 Å². The Kier molecular flexibility index (Phi) is 27.7. The quantitative estimate of drug-likeness (QED) is 0.0338. The highest BCUT2D eigenvalue weighted by Gasteiger charge is 2.63. The molecule has 3 heterocycles. The zero-order chi connectivity index (χ0) is 69.7. The molecule has 25 heteroatoms. The minimum atomic E-state index is -2.94. The van der Waals surface area contributed by atoms with Crippen LogP contribution in [0.3, 0.4) is 0 Å². The highest BCUT2D eigenvalue weighted by atomic mass is 16.8. The zero-order valence-electron chi connectivity index (χ0n) is 55.8. The number of benzene rings is 5. The van der Waals surface area contributed by atoms with Gasteiger partial charge in [-0.3, -0.25) is 28.8 Å². The van der Waals surface area contributed by atoms with Crippen LogP contribution in [0.15, 0.2) is 152 Å². The van der Waals surface area contributed by atoms with Crippen molar-refractivity contribution in [2.24, 2.45) is 5.41 Å². The Bertz CT molecular complexity index is 3310. The molecule has 0 unspecified atom stereocenters. The lowest BCUT2D eigenvalue weighted by molar-refractivity contribution is -0.394. The van der Waals surface area contributed by atoms with E-state index in [1.807, 2.05) is 121 Å². The second-order valence-corrected chi connectivity index (χ2v) is 24.6. The number of ether oxygens (including phenoxy) is 16. The van der Waals surface area contributed by atoms with E-state index in [0.29, 0.717) is 11.1 Å². The molecule has 5 aromatic carbocycles. The Hall–Kier alpha value is -8.05. The third-order valence-electron chi connectivity index (χ3n) is 15.8. The van der Waals surface area contributed by atoms with Crippen molar-refractivity contribution < 1.29 is 114 Å². The summed E-state index contributed by atoms with van der Waals surface area (Å²) in [7, 11) is 0.993. The van der Waals surface area contributed by atoms with Gasteiger partial charge in [-0.15, -0.1) is 0 Å². The number of hydrogen-bond acceptors (Lipinski definition) is 24. The maximum absolute atomic E-state index is 15.3. The SMILES string of the molecule is COC(=O)[C@@]1(O[C@H]2[C@@H](O)[C@@H](COCc3ccccc3)O[C@@H](O[C@H]3[C@H](OCc4ccccc4)[C@@H](OC(=O)C(C)(C)C)[C@H](OCc4ccccc4)O[C@@H]3COCc3ccccc3)[C@@H]2OCc2ccccc2)C[C@H](OC(C)=O)[C@@H](NC(C)=O)[C@H]([C@H](OC(C)=O)[C@@H](COC(C)=O)OC(C)=O)O1. The fraction of sp³-hybridized carbons (Fsp3) is 0.486. The van der Waals surface area contributed by atoms with Crippen LogP contribution in [-0.4, -0.2) is 171 Å². The first kappa shape index (κ1) is 74.7. The van der Waals surface area contributed by atoms with Gasteiger partial charge in [0.05, 0.1) is 71.2 Å². The first-order valence-corrected chi connectivity index (χ1v) is 31.9. The number of rotatable bonds is 31. The molecule has 25 nitrogen and oxygen atoms in total. The van der Waals surface area contributed by atoms with E-state index >= 15 is 4.79 Å². The van der Waals surface area contributed by atoms with Gasteiger partial charge in [-0.05, 0) is 48.6 Å².